The molecule has 29 heavy (non-hydrogen) atoms. The molecular weight excluding hydrogens is 360 g/mol. The number of hydrogen-bond acceptors (Lipinski definition) is 4. The van der Waals surface area contributed by atoms with Gasteiger partial charge in [0, 0.05) is 18.4 Å². The van der Waals surface area contributed by atoms with Crippen molar-refractivity contribution < 1.29 is 4.42 Å². The second-order valence-corrected chi connectivity index (χ2v) is 7.76. The fourth-order valence-corrected chi connectivity index (χ4v) is 4.08. The molecule has 0 fully saturated rings. The van der Waals surface area contributed by atoms with Crippen molar-refractivity contribution in [2.75, 3.05) is 0 Å². The predicted octanol–water partition coefficient (Wildman–Crippen LogP) is 5.27. The zero-order chi connectivity index (χ0) is 19.8. The van der Waals surface area contributed by atoms with Gasteiger partial charge < -0.3 is 8.98 Å². The summed E-state index contributed by atoms with van der Waals surface area (Å²) in [6, 6.07) is 16.4. The molecule has 1 aliphatic heterocycles. The molecule has 0 spiro atoms. The highest BCUT2D eigenvalue weighted by atomic mass is 16.3. The molecule has 5 heteroatoms. The first-order chi connectivity index (χ1) is 14.2. The summed E-state index contributed by atoms with van der Waals surface area (Å²) >= 11 is 0. The van der Waals surface area contributed by atoms with Crippen LogP contribution in [0.25, 0.3) is 22.4 Å². The minimum Gasteiger partial charge on any atom is -0.438 e. The molecule has 5 rings (SSSR count). The Morgan fingerprint density at radius 2 is 1.76 bits per heavy atom. The summed E-state index contributed by atoms with van der Waals surface area (Å²) in [6.45, 7) is 5.10. The van der Waals surface area contributed by atoms with Crippen LogP contribution in [0.5, 0.6) is 0 Å². The molecule has 0 aliphatic carbocycles. The van der Waals surface area contributed by atoms with E-state index in [1.165, 1.54) is 12.8 Å². The maximum absolute atomic E-state index is 6.31. The van der Waals surface area contributed by atoms with Crippen LogP contribution in [-0.4, -0.2) is 14.8 Å². The zero-order valence-electron chi connectivity index (χ0n) is 16.9. The standard InChI is InChI=1S/C24H24N4O/c1-16-9-8-10-17(2)22(16)25-24-19(15-18-11-5-6-12-20(18)29-24)23-27-26-21-13-4-3-7-14-28(21)23/h5-6,8-12,15H,3-4,7,13-14H2,1-2H3. The number of nitrogens with zero attached hydrogens (tertiary/aromatic N) is 4. The van der Waals surface area contributed by atoms with Crippen LogP contribution in [0.4, 0.5) is 5.69 Å². The van der Waals surface area contributed by atoms with Gasteiger partial charge in [0.25, 0.3) is 0 Å². The number of benzene rings is 2. The average molecular weight is 384 g/mol. The fourth-order valence-electron chi connectivity index (χ4n) is 4.08. The largest absolute Gasteiger partial charge is 0.438 e. The van der Waals surface area contributed by atoms with Gasteiger partial charge in [-0.3, -0.25) is 0 Å². The van der Waals surface area contributed by atoms with Gasteiger partial charge in [0.05, 0.1) is 11.3 Å². The van der Waals surface area contributed by atoms with Crippen molar-refractivity contribution in [3.8, 4) is 11.4 Å². The van der Waals surface area contributed by atoms with E-state index < -0.39 is 0 Å². The molecule has 5 nitrogen and oxygen atoms in total. The van der Waals surface area contributed by atoms with Gasteiger partial charge in [-0.05, 0) is 49.9 Å². The molecule has 0 unspecified atom stereocenters. The lowest BCUT2D eigenvalue weighted by Gasteiger charge is -2.09. The van der Waals surface area contributed by atoms with Crippen LogP contribution < -0.4 is 5.55 Å². The number of rotatable bonds is 2. The molecule has 4 aromatic rings. The van der Waals surface area contributed by atoms with Gasteiger partial charge in [0.1, 0.15) is 11.4 Å². The van der Waals surface area contributed by atoms with Crippen LogP contribution in [0.2, 0.25) is 0 Å². The molecule has 0 saturated heterocycles. The Morgan fingerprint density at radius 3 is 2.62 bits per heavy atom. The van der Waals surface area contributed by atoms with E-state index in [4.69, 9.17) is 9.41 Å². The predicted molar refractivity (Wildman–Crippen MR) is 114 cm³/mol. The van der Waals surface area contributed by atoms with Crippen LogP contribution >= 0.6 is 0 Å². The quantitative estimate of drug-likeness (QED) is 0.473. The monoisotopic (exact) mass is 384 g/mol. The average Bonchev–Trinajstić information content (AvgIpc) is 2.98. The lowest BCUT2D eigenvalue weighted by atomic mass is 10.1. The third kappa shape index (κ3) is 3.27. The van der Waals surface area contributed by atoms with E-state index >= 15 is 0 Å². The summed E-state index contributed by atoms with van der Waals surface area (Å²) in [6.07, 6.45) is 4.51. The van der Waals surface area contributed by atoms with Crippen molar-refractivity contribution >= 4 is 16.7 Å². The van der Waals surface area contributed by atoms with Gasteiger partial charge in [-0.15, -0.1) is 10.2 Å². The van der Waals surface area contributed by atoms with E-state index in [9.17, 15) is 0 Å². The number of hydrogen-bond donors (Lipinski definition) is 0. The highest BCUT2D eigenvalue weighted by Crippen LogP contribution is 2.26. The minimum atomic E-state index is 0.584. The summed E-state index contributed by atoms with van der Waals surface area (Å²) in [5, 5.41) is 10.1. The molecule has 0 atom stereocenters. The van der Waals surface area contributed by atoms with E-state index in [0.29, 0.717) is 5.55 Å². The number of aryl methyl sites for hydroxylation is 3. The van der Waals surface area contributed by atoms with Crippen molar-refractivity contribution in [3.63, 3.8) is 0 Å². The molecule has 0 N–H and O–H groups in total. The Balaban J connectivity index is 1.80. The van der Waals surface area contributed by atoms with E-state index in [0.717, 1.165) is 64.4 Å². The molecule has 146 valence electrons. The van der Waals surface area contributed by atoms with Crippen LogP contribution in [0.1, 0.15) is 36.2 Å². The number of fused-ring (bicyclic) bond motifs is 2. The number of para-hydroxylation sites is 2. The summed E-state index contributed by atoms with van der Waals surface area (Å²) in [4.78, 5) is 4.97. The van der Waals surface area contributed by atoms with Crippen LogP contribution in [-0.2, 0) is 13.0 Å². The molecular formula is C24H24N4O. The van der Waals surface area contributed by atoms with Crippen molar-refractivity contribution in [2.45, 2.75) is 46.1 Å². The van der Waals surface area contributed by atoms with E-state index in [-0.39, 0.29) is 0 Å². The van der Waals surface area contributed by atoms with Crippen molar-refractivity contribution in [1.29, 1.82) is 0 Å². The minimum absolute atomic E-state index is 0.584. The lowest BCUT2D eigenvalue weighted by molar-refractivity contribution is 0.544. The van der Waals surface area contributed by atoms with Crippen molar-refractivity contribution in [3.05, 3.63) is 71.0 Å². The first-order valence-electron chi connectivity index (χ1n) is 10.3. The molecule has 3 heterocycles. The SMILES string of the molecule is Cc1cccc(C)c1N=c1oc2ccccc2cc1-c1nnc2n1CCCCC2. The Hall–Kier alpha value is -3.21. The van der Waals surface area contributed by atoms with Crippen molar-refractivity contribution in [2.24, 2.45) is 4.99 Å². The van der Waals surface area contributed by atoms with Gasteiger partial charge in [-0.1, -0.05) is 42.8 Å². The van der Waals surface area contributed by atoms with Gasteiger partial charge in [-0.2, -0.15) is 0 Å². The summed E-state index contributed by atoms with van der Waals surface area (Å²) < 4.78 is 8.55. The Kier molecular flexibility index (Phi) is 4.51. The van der Waals surface area contributed by atoms with Crippen LogP contribution in [0, 0.1) is 13.8 Å². The van der Waals surface area contributed by atoms with Crippen molar-refractivity contribution in [1.82, 2.24) is 14.8 Å². The summed E-state index contributed by atoms with van der Waals surface area (Å²) in [7, 11) is 0. The molecule has 2 aromatic heterocycles. The Bertz CT molecular complexity index is 1250. The zero-order valence-corrected chi connectivity index (χ0v) is 16.9. The summed E-state index contributed by atoms with van der Waals surface area (Å²) in [5.74, 6) is 1.91. The highest BCUT2D eigenvalue weighted by Gasteiger charge is 2.19. The molecule has 0 radical (unpaired) electrons. The Labute approximate surface area is 169 Å². The highest BCUT2D eigenvalue weighted by molar-refractivity contribution is 5.80. The lowest BCUT2D eigenvalue weighted by Crippen LogP contribution is -2.11. The maximum atomic E-state index is 6.31. The maximum Gasteiger partial charge on any atom is 0.230 e. The second kappa shape index (κ2) is 7.32. The number of aromatic nitrogens is 3. The van der Waals surface area contributed by atoms with Gasteiger partial charge in [-0.25, -0.2) is 4.99 Å². The molecule has 0 saturated carbocycles. The van der Waals surface area contributed by atoms with Crippen LogP contribution in [0.15, 0.2) is 57.9 Å². The third-order valence-electron chi connectivity index (χ3n) is 5.66. The van der Waals surface area contributed by atoms with E-state index in [2.05, 4.69) is 58.9 Å². The normalized spacial score (nSPS) is 14.8. The van der Waals surface area contributed by atoms with E-state index in [1.54, 1.807) is 0 Å². The molecule has 0 bridgehead atoms. The third-order valence-corrected chi connectivity index (χ3v) is 5.66. The van der Waals surface area contributed by atoms with Crippen LogP contribution in [0.3, 0.4) is 0 Å². The first-order valence-corrected chi connectivity index (χ1v) is 10.3. The van der Waals surface area contributed by atoms with Gasteiger partial charge in [0.2, 0.25) is 5.55 Å². The van der Waals surface area contributed by atoms with Gasteiger partial charge >= 0.3 is 0 Å². The topological polar surface area (TPSA) is 56.2 Å². The van der Waals surface area contributed by atoms with Gasteiger partial charge in [0.15, 0.2) is 5.82 Å². The van der Waals surface area contributed by atoms with E-state index in [1.807, 2.05) is 18.2 Å². The molecule has 2 aromatic carbocycles. The summed E-state index contributed by atoms with van der Waals surface area (Å²) in [5.41, 5.74) is 5.49. The Morgan fingerprint density at radius 1 is 0.931 bits per heavy atom. The second-order valence-electron chi connectivity index (χ2n) is 7.76. The fraction of sp³-hybridized carbons (Fsp3) is 0.292. The smallest absolute Gasteiger partial charge is 0.230 e. The molecule has 0 amide bonds. The molecule has 1 aliphatic rings. The first kappa shape index (κ1) is 17.9.